The van der Waals surface area contributed by atoms with Gasteiger partial charge in [0.05, 0.1) is 22.3 Å². The van der Waals surface area contributed by atoms with E-state index in [-0.39, 0.29) is 22.5 Å². The molecule has 35 heavy (non-hydrogen) atoms. The van der Waals surface area contributed by atoms with Gasteiger partial charge in [0.2, 0.25) is 0 Å². The van der Waals surface area contributed by atoms with Crippen LogP contribution in [-0.2, 0) is 11.2 Å². The number of rotatable bonds is 6. The number of ketones is 1. The van der Waals surface area contributed by atoms with Crippen LogP contribution >= 0.6 is 23.1 Å². The number of allylic oxidation sites excluding steroid dienone is 2. The minimum Gasteiger partial charge on any atom is -0.376 e. The number of carbonyl (C=O) groups is 2. The van der Waals surface area contributed by atoms with E-state index in [1.165, 1.54) is 16.9 Å². The molecule has 0 atom stereocenters. The molecule has 0 unspecified atom stereocenters. The number of nitrogens with two attached hydrogens (primary N) is 1. The number of nitrogens with zero attached hydrogens (tertiary/aromatic N) is 1. The van der Waals surface area contributed by atoms with Gasteiger partial charge in [0.1, 0.15) is 0 Å². The van der Waals surface area contributed by atoms with Gasteiger partial charge in [-0.25, -0.2) is 0 Å². The molecule has 1 aromatic heterocycles. The maximum atomic E-state index is 13.8. The molecule has 4 rings (SSSR count). The highest BCUT2D eigenvalue weighted by Gasteiger charge is 2.44. The summed E-state index contributed by atoms with van der Waals surface area (Å²) in [6.45, 7) is 15.5. The van der Waals surface area contributed by atoms with Crippen LogP contribution < -0.4 is 5.73 Å². The van der Waals surface area contributed by atoms with Crippen molar-refractivity contribution in [1.82, 2.24) is 4.90 Å². The van der Waals surface area contributed by atoms with Gasteiger partial charge < -0.3 is 15.4 Å². The van der Waals surface area contributed by atoms with Crippen LogP contribution in [-0.4, -0.2) is 54.7 Å². The molecule has 3 aliphatic rings. The lowest BCUT2D eigenvalue weighted by molar-refractivity contribution is 0.0571. The predicted octanol–water partition coefficient (Wildman–Crippen LogP) is 5.65. The maximum Gasteiger partial charge on any atom is 0.264 e. The van der Waals surface area contributed by atoms with Gasteiger partial charge in [-0.05, 0) is 41.4 Å². The van der Waals surface area contributed by atoms with Gasteiger partial charge in [0.15, 0.2) is 5.78 Å². The number of ether oxygens (including phenoxy) is 1. The first-order valence-electron chi connectivity index (χ1n) is 12.5. The zero-order valence-electron chi connectivity index (χ0n) is 21.4. The van der Waals surface area contributed by atoms with Crippen molar-refractivity contribution in [3.05, 3.63) is 52.0 Å². The molecular weight excluding hydrogens is 476 g/mol. The van der Waals surface area contributed by atoms with Crippen LogP contribution in [0.25, 0.3) is 0 Å². The van der Waals surface area contributed by atoms with Crippen LogP contribution in [0, 0.1) is 10.8 Å². The van der Waals surface area contributed by atoms with Gasteiger partial charge in [0, 0.05) is 42.3 Å². The van der Waals surface area contributed by atoms with E-state index >= 15 is 0 Å². The van der Waals surface area contributed by atoms with E-state index in [0.29, 0.717) is 44.5 Å². The molecule has 2 aliphatic heterocycles. The van der Waals surface area contributed by atoms with Crippen LogP contribution in [0.1, 0.15) is 72.6 Å². The summed E-state index contributed by atoms with van der Waals surface area (Å²) < 4.78 is 6.92. The Hall–Kier alpha value is -1.67. The molecular formula is C28H38N2O3S2. The number of fused-ring (bicyclic) bond motifs is 1. The maximum absolute atomic E-state index is 13.8. The number of Topliss-reactive ketones (excluding diaryl/α,β-unsaturated/α-hetero) is 1. The van der Waals surface area contributed by atoms with Gasteiger partial charge in [0.25, 0.3) is 5.91 Å². The molecule has 1 aromatic rings. The van der Waals surface area contributed by atoms with Gasteiger partial charge >= 0.3 is 0 Å². The minimum atomic E-state index is -0.119. The molecule has 2 N–H and O–H groups in total. The first-order chi connectivity index (χ1) is 16.6. The molecule has 7 heteroatoms. The summed E-state index contributed by atoms with van der Waals surface area (Å²) in [6, 6.07) is 0. The second-order valence-corrected chi connectivity index (χ2v) is 14.0. The molecule has 1 amide bonds. The quantitative estimate of drug-likeness (QED) is 0.392. The first-order valence-corrected chi connectivity index (χ1v) is 14.2. The van der Waals surface area contributed by atoms with E-state index in [1.807, 2.05) is 11.0 Å². The van der Waals surface area contributed by atoms with E-state index in [4.69, 9.17) is 10.5 Å². The fourth-order valence-electron chi connectivity index (χ4n) is 5.52. The highest BCUT2D eigenvalue weighted by atomic mass is 32.2. The lowest BCUT2D eigenvalue weighted by atomic mass is 9.73. The van der Waals surface area contributed by atoms with Crippen molar-refractivity contribution in [3.63, 3.8) is 0 Å². The monoisotopic (exact) mass is 514 g/mol. The summed E-state index contributed by atoms with van der Waals surface area (Å²) in [5.74, 6) is 0.273. The Balaban J connectivity index is 1.57. The predicted molar refractivity (Wildman–Crippen MR) is 146 cm³/mol. The van der Waals surface area contributed by atoms with E-state index in [9.17, 15) is 9.59 Å². The summed E-state index contributed by atoms with van der Waals surface area (Å²) >= 11 is 3.24. The average molecular weight is 515 g/mol. The van der Waals surface area contributed by atoms with Gasteiger partial charge in [-0.15, -0.1) is 23.1 Å². The molecule has 2 fully saturated rings. The smallest absolute Gasteiger partial charge is 0.264 e. The molecule has 1 aliphatic carbocycles. The molecule has 0 saturated carbocycles. The number of carbonyl (C=O) groups excluding carboxylic acids is 2. The fourth-order valence-corrected chi connectivity index (χ4v) is 8.36. The van der Waals surface area contributed by atoms with E-state index in [1.54, 1.807) is 17.8 Å². The molecule has 190 valence electrons. The highest BCUT2D eigenvalue weighted by Crippen LogP contribution is 2.48. The summed E-state index contributed by atoms with van der Waals surface area (Å²) in [7, 11) is 0. The lowest BCUT2D eigenvalue weighted by Gasteiger charge is -2.39. The second kappa shape index (κ2) is 10.4. The van der Waals surface area contributed by atoms with E-state index in [2.05, 4.69) is 40.3 Å². The Labute approximate surface area is 217 Å². The number of piperidine rings is 1. The third kappa shape index (κ3) is 5.38. The Kier molecular flexibility index (Phi) is 7.82. The molecule has 0 aromatic carbocycles. The van der Waals surface area contributed by atoms with E-state index in [0.717, 1.165) is 45.0 Å². The Morgan fingerprint density at radius 2 is 2.00 bits per heavy atom. The number of likely N-dealkylation sites (tertiary alicyclic amines) is 1. The minimum absolute atomic E-state index is 0.0301. The second-order valence-electron chi connectivity index (χ2n) is 11.1. The molecule has 0 radical (unpaired) electrons. The topological polar surface area (TPSA) is 72.6 Å². The molecule has 1 spiro atoms. The Bertz CT molecular complexity index is 1070. The third-order valence-corrected chi connectivity index (χ3v) is 9.78. The van der Waals surface area contributed by atoms with Crippen LogP contribution in [0.4, 0.5) is 0 Å². The average Bonchev–Trinajstić information content (AvgIpc) is 3.33. The molecule has 0 bridgehead atoms. The van der Waals surface area contributed by atoms with Crippen molar-refractivity contribution in [2.45, 2.75) is 62.8 Å². The largest absolute Gasteiger partial charge is 0.376 e. The van der Waals surface area contributed by atoms with Gasteiger partial charge in [-0.2, -0.15) is 0 Å². The highest BCUT2D eigenvalue weighted by molar-refractivity contribution is 8.01. The zero-order chi connectivity index (χ0) is 25.4. The van der Waals surface area contributed by atoms with Crippen LogP contribution in [0.5, 0.6) is 0 Å². The van der Waals surface area contributed by atoms with Crippen molar-refractivity contribution in [2.24, 2.45) is 16.6 Å². The molecule has 3 heterocycles. The van der Waals surface area contributed by atoms with Crippen LogP contribution in [0.2, 0.25) is 0 Å². The van der Waals surface area contributed by atoms with Gasteiger partial charge in [-0.1, -0.05) is 52.5 Å². The molecule has 2 saturated heterocycles. The fraction of sp³-hybridized carbons (Fsp3) is 0.571. The number of hydrogen-bond donors (Lipinski definition) is 1. The number of thioether (sulfide) groups is 1. The van der Waals surface area contributed by atoms with Crippen molar-refractivity contribution in [3.8, 4) is 0 Å². The van der Waals surface area contributed by atoms with Gasteiger partial charge in [-0.3, -0.25) is 9.59 Å². The van der Waals surface area contributed by atoms with Crippen LogP contribution in [0.15, 0.2) is 40.2 Å². The van der Waals surface area contributed by atoms with Crippen LogP contribution in [0.3, 0.4) is 0 Å². The van der Waals surface area contributed by atoms with E-state index < -0.39 is 0 Å². The SMILES string of the molecule is C=C/C=C(\C=C1/COCC12CCN(C(=O)c1sc(SC(C)C)c3c1CC(C)(C)CC3=O)CC2)CN. The van der Waals surface area contributed by atoms with Crippen molar-refractivity contribution >= 4 is 34.8 Å². The number of thiophene rings is 1. The molecule has 5 nitrogen and oxygen atoms in total. The Morgan fingerprint density at radius 3 is 2.63 bits per heavy atom. The summed E-state index contributed by atoms with van der Waals surface area (Å²) in [4.78, 5) is 29.7. The first kappa shape index (κ1) is 26.4. The standard InChI is InChI=1S/C28H38N2O3S2/c1-6-7-19(15-29)12-20-16-33-17-28(20)8-10-30(11-9-28)25(32)24-21-13-27(4,5)14-22(31)23(21)26(35-24)34-18(2)3/h6-7,12,18H,1,8-11,13-17,29H2,2-5H3/b19-7+,20-12+. The zero-order valence-corrected chi connectivity index (χ0v) is 23.1. The number of hydrogen-bond acceptors (Lipinski definition) is 6. The van der Waals surface area contributed by atoms with Crippen molar-refractivity contribution in [2.75, 3.05) is 32.8 Å². The third-order valence-electron chi connectivity index (χ3n) is 7.34. The van der Waals surface area contributed by atoms with Crippen molar-refractivity contribution < 1.29 is 14.3 Å². The Morgan fingerprint density at radius 1 is 1.29 bits per heavy atom. The van der Waals surface area contributed by atoms with Crippen molar-refractivity contribution in [1.29, 1.82) is 0 Å². The number of amides is 1. The summed E-state index contributed by atoms with van der Waals surface area (Å²) in [6.07, 6.45) is 8.97. The lowest BCUT2D eigenvalue weighted by Crippen LogP contribution is -2.44. The summed E-state index contributed by atoms with van der Waals surface area (Å²) in [5, 5.41) is 0.361. The normalized spacial score (nSPS) is 22.8. The summed E-state index contributed by atoms with van der Waals surface area (Å²) in [5.41, 5.74) is 9.90.